The Hall–Kier alpha value is 0.600. The molecule has 0 atom stereocenters. The van der Waals surface area contributed by atoms with Gasteiger partial charge in [-0.1, -0.05) is 0 Å². The van der Waals surface area contributed by atoms with E-state index >= 15 is 0 Å². The van der Waals surface area contributed by atoms with Crippen molar-refractivity contribution >= 4 is 71.1 Å². The van der Waals surface area contributed by atoms with Gasteiger partial charge in [0, 0.05) is 13.8 Å². The van der Waals surface area contributed by atoms with Crippen LogP contribution in [0.15, 0.2) is 13.2 Å². The molecule has 0 amide bonds. The summed E-state index contributed by atoms with van der Waals surface area (Å²) in [7, 11) is 0. The van der Waals surface area contributed by atoms with Gasteiger partial charge in [-0.2, -0.15) is 0 Å². The molecule has 0 aliphatic rings. The zero-order valence-corrected chi connectivity index (χ0v) is 7.54. The van der Waals surface area contributed by atoms with Crippen LogP contribution < -0.4 is 12.3 Å². The zero-order valence-electron chi connectivity index (χ0n) is 7.54. The van der Waals surface area contributed by atoms with Crippen LogP contribution in [0.1, 0.15) is 13.8 Å². The van der Waals surface area contributed by atoms with Crippen LogP contribution in [0, 0.1) is 0 Å². The van der Waals surface area contributed by atoms with Crippen molar-refractivity contribution in [2.75, 3.05) is 0 Å². The molecule has 0 radical (unpaired) electrons. The van der Waals surface area contributed by atoms with E-state index in [1.807, 2.05) is 0 Å². The topological polar surface area (TPSA) is 145 Å². The average Bonchev–Trinajstić information content (AvgIpc) is 1.66. The van der Waals surface area contributed by atoms with Crippen LogP contribution in [-0.2, 0) is 9.59 Å². The second-order valence-corrected chi connectivity index (χ2v) is 1.04. The molecule has 6 nitrogen and oxygen atoms in total. The molecule has 80 valence electrons. The van der Waals surface area contributed by atoms with E-state index in [-0.39, 0.29) is 71.4 Å². The molecule has 0 saturated heterocycles. The first-order valence-corrected chi connectivity index (χ1v) is 2.36. The van der Waals surface area contributed by atoms with Crippen molar-refractivity contribution < 1.29 is 19.8 Å². The Labute approximate surface area is 129 Å². The van der Waals surface area contributed by atoms with Crippen LogP contribution >= 0.6 is 0 Å². The van der Waals surface area contributed by atoms with Crippen LogP contribution in [-0.4, -0.2) is 81.3 Å². The number of aliphatic carboxylic acids is 2. The van der Waals surface area contributed by atoms with Gasteiger partial charge in [0.15, 0.2) is 0 Å². The molecule has 0 aliphatic carbocycles. The van der Waals surface area contributed by atoms with Crippen molar-refractivity contribution in [1.82, 2.24) is 12.3 Å². The van der Waals surface area contributed by atoms with Crippen molar-refractivity contribution in [2.24, 2.45) is 0 Å². The van der Waals surface area contributed by atoms with Gasteiger partial charge in [-0.25, -0.2) is 0 Å². The van der Waals surface area contributed by atoms with Crippen molar-refractivity contribution in [3.8, 4) is 0 Å². The van der Waals surface area contributed by atoms with Crippen LogP contribution in [0.3, 0.4) is 0 Å². The molecular formula is C6H20N2Na2O4. The molecule has 0 unspecified atom stereocenters. The van der Waals surface area contributed by atoms with Crippen LogP contribution in [0.4, 0.5) is 0 Å². The van der Waals surface area contributed by atoms with Gasteiger partial charge >= 0.3 is 59.1 Å². The number of hydrogen-bond donors (Lipinski definition) is 4. The van der Waals surface area contributed by atoms with E-state index in [1.54, 1.807) is 0 Å². The van der Waals surface area contributed by atoms with Gasteiger partial charge in [-0.3, -0.25) is 9.59 Å². The number of carboxylic acid groups (broad SMARTS) is 2. The summed E-state index contributed by atoms with van der Waals surface area (Å²) < 4.78 is 0. The van der Waals surface area contributed by atoms with E-state index < -0.39 is 11.9 Å². The van der Waals surface area contributed by atoms with Crippen molar-refractivity contribution in [1.29, 1.82) is 0 Å². The molecule has 0 aromatic carbocycles. The number of rotatable bonds is 0. The summed E-state index contributed by atoms with van der Waals surface area (Å²) in [6.45, 7) is 8.17. The molecule has 0 bridgehead atoms. The Morgan fingerprint density at radius 2 is 0.857 bits per heavy atom. The molecule has 0 fully saturated rings. The minimum absolute atomic E-state index is 0. The first kappa shape index (κ1) is 46.8. The molecular weight excluding hydrogens is 210 g/mol. The molecule has 0 aromatic heterocycles. The first-order chi connectivity index (χ1) is 4.46. The summed E-state index contributed by atoms with van der Waals surface area (Å²) in [5, 5.41) is 14.8. The fourth-order valence-corrected chi connectivity index (χ4v) is 0. The van der Waals surface area contributed by atoms with E-state index in [1.165, 1.54) is 0 Å². The third-order valence-corrected chi connectivity index (χ3v) is 0. The van der Waals surface area contributed by atoms with Crippen LogP contribution in [0.5, 0.6) is 0 Å². The summed E-state index contributed by atoms with van der Waals surface area (Å²) >= 11 is 0. The molecule has 14 heavy (non-hydrogen) atoms. The summed E-state index contributed by atoms with van der Waals surface area (Å²) in [5.74, 6) is -1.67. The maximum absolute atomic E-state index is 9.00. The SMILES string of the molecule is C=C.CC(=O)O.CC(=O)O.N.N.[NaH].[NaH]. The van der Waals surface area contributed by atoms with Gasteiger partial charge in [-0.05, 0) is 0 Å². The Morgan fingerprint density at radius 1 is 0.857 bits per heavy atom. The summed E-state index contributed by atoms with van der Waals surface area (Å²) in [5.41, 5.74) is 0. The molecule has 0 spiro atoms. The molecule has 0 saturated carbocycles. The van der Waals surface area contributed by atoms with E-state index in [0.29, 0.717) is 0 Å². The third kappa shape index (κ3) is 4710. The van der Waals surface area contributed by atoms with Gasteiger partial charge in [-0.15, -0.1) is 13.2 Å². The number of carboxylic acids is 2. The van der Waals surface area contributed by atoms with E-state index in [2.05, 4.69) is 13.2 Å². The standard InChI is InChI=1S/2C2H4O2.C2H4.2H3N.2Na.2H/c2*1-2(3)4;1-2;;;;;;/h2*1H3,(H,3,4);1-2H2;2*1H3;;;;. The second kappa shape index (κ2) is 49.6. The second-order valence-electron chi connectivity index (χ2n) is 1.04. The maximum atomic E-state index is 9.00. The monoisotopic (exact) mass is 230 g/mol. The van der Waals surface area contributed by atoms with Gasteiger partial charge in [0.25, 0.3) is 11.9 Å². The summed E-state index contributed by atoms with van der Waals surface area (Å²) in [6, 6.07) is 0. The molecule has 0 aromatic rings. The quantitative estimate of drug-likeness (QED) is 0.340. The van der Waals surface area contributed by atoms with E-state index in [9.17, 15) is 0 Å². The summed E-state index contributed by atoms with van der Waals surface area (Å²) in [4.78, 5) is 18.0. The van der Waals surface area contributed by atoms with E-state index in [4.69, 9.17) is 19.8 Å². The average molecular weight is 230 g/mol. The van der Waals surface area contributed by atoms with Gasteiger partial charge in [0.2, 0.25) is 0 Å². The van der Waals surface area contributed by atoms with Gasteiger partial charge in [0.1, 0.15) is 0 Å². The van der Waals surface area contributed by atoms with Crippen LogP contribution in [0.2, 0.25) is 0 Å². The van der Waals surface area contributed by atoms with Crippen molar-refractivity contribution in [3.63, 3.8) is 0 Å². The van der Waals surface area contributed by atoms with Crippen molar-refractivity contribution in [2.45, 2.75) is 13.8 Å². The van der Waals surface area contributed by atoms with Crippen LogP contribution in [0.25, 0.3) is 0 Å². The predicted octanol–water partition coefficient (Wildman–Crippen LogP) is 0.0110. The third-order valence-electron chi connectivity index (χ3n) is 0. The fourth-order valence-electron chi connectivity index (χ4n) is 0. The molecule has 8 heteroatoms. The normalized spacial score (nSPS) is 3.86. The number of carbonyl (C=O) groups is 2. The number of hydrogen-bond acceptors (Lipinski definition) is 4. The Balaban J connectivity index is -0.00000000957. The zero-order chi connectivity index (χ0) is 9.15. The Morgan fingerprint density at radius 3 is 0.857 bits per heavy atom. The van der Waals surface area contributed by atoms with Gasteiger partial charge < -0.3 is 22.5 Å². The Bertz CT molecular complexity index is 94.0. The minimum atomic E-state index is -0.833. The molecule has 0 aliphatic heterocycles. The Kier molecular flexibility index (Phi) is 166. The fraction of sp³-hybridized carbons (Fsp3) is 0.333. The molecule has 8 N–H and O–H groups in total. The predicted molar refractivity (Wildman–Crippen MR) is 62.2 cm³/mol. The molecule has 0 rings (SSSR count). The summed E-state index contributed by atoms with van der Waals surface area (Å²) in [6.07, 6.45) is 0. The van der Waals surface area contributed by atoms with Crippen molar-refractivity contribution in [3.05, 3.63) is 13.2 Å². The van der Waals surface area contributed by atoms with Gasteiger partial charge in [0.05, 0.1) is 0 Å². The molecule has 0 heterocycles. The first-order valence-electron chi connectivity index (χ1n) is 2.36. The van der Waals surface area contributed by atoms with E-state index in [0.717, 1.165) is 13.8 Å².